The molecule has 0 bridgehead atoms. The van der Waals surface area contributed by atoms with Crippen molar-refractivity contribution in [2.75, 3.05) is 38.2 Å². The van der Waals surface area contributed by atoms with Crippen LogP contribution in [0.4, 0.5) is 0 Å². The zero-order valence-electron chi connectivity index (χ0n) is 13.5. The molecule has 1 atom stereocenters. The number of nitrogens with one attached hydrogen (secondary N) is 1. The summed E-state index contributed by atoms with van der Waals surface area (Å²) in [6.07, 6.45) is 1.26. The largest absolute Gasteiger partial charge is 0.468 e. The molecule has 0 spiro atoms. The lowest BCUT2D eigenvalue weighted by molar-refractivity contribution is -0.148. The van der Waals surface area contributed by atoms with Gasteiger partial charge >= 0.3 is 5.97 Å². The highest BCUT2D eigenvalue weighted by molar-refractivity contribution is 7.91. The van der Waals surface area contributed by atoms with Crippen molar-refractivity contribution in [3.63, 3.8) is 0 Å². The van der Waals surface area contributed by atoms with Gasteiger partial charge in [0.2, 0.25) is 0 Å². The number of hydrogen-bond acceptors (Lipinski definition) is 6. The molecule has 0 aromatic rings. The first-order valence-electron chi connectivity index (χ1n) is 7.47. The van der Waals surface area contributed by atoms with Crippen molar-refractivity contribution in [1.29, 1.82) is 0 Å². The van der Waals surface area contributed by atoms with E-state index in [2.05, 4.69) is 10.2 Å². The number of methoxy groups -OCH3 is 1. The molecule has 1 N–H and O–H groups in total. The van der Waals surface area contributed by atoms with E-state index in [-0.39, 0.29) is 23.5 Å². The topological polar surface area (TPSA) is 75.7 Å². The Hall–Kier alpha value is -0.660. The molecule has 0 amide bonds. The second kappa shape index (κ2) is 7.56. The molecule has 1 unspecified atom stereocenters. The van der Waals surface area contributed by atoms with Gasteiger partial charge in [-0.3, -0.25) is 10.1 Å². The number of nitrogens with zero attached hydrogens (tertiary/aromatic N) is 1. The van der Waals surface area contributed by atoms with Crippen molar-refractivity contribution in [3.8, 4) is 0 Å². The molecule has 1 rings (SSSR count). The van der Waals surface area contributed by atoms with Gasteiger partial charge in [0.05, 0.1) is 18.6 Å². The van der Waals surface area contributed by atoms with Crippen molar-refractivity contribution in [3.05, 3.63) is 0 Å². The van der Waals surface area contributed by atoms with Crippen molar-refractivity contribution in [2.24, 2.45) is 0 Å². The van der Waals surface area contributed by atoms with Crippen LogP contribution in [0.15, 0.2) is 0 Å². The van der Waals surface area contributed by atoms with Crippen LogP contribution in [0.2, 0.25) is 0 Å². The molecule has 1 heterocycles. The Labute approximate surface area is 128 Å². The first kappa shape index (κ1) is 18.4. The van der Waals surface area contributed by atoms with E-state index in [4.69, 9.17) is 4.74 Å². The lowest BCUT2D eigenvalue weighted by atomic mass is 9.96. The van der Waals surface area contributed by atoms with Gasteiger partial charge in [0.1, 0.15) is 5.54 Å². The minimum absolute atomic E-state index is 0.165. The minimum Gasteiger partial charge on any atom is -0.468 e. The Morgan fingerprint density at radius 2 is 2.00 bits per heavy atom. The number of esters is 1. The van der Waals surface area contributed by atoms with Gasteiger partial charge in [-0.2, -0.15) is 0 Å². The predicted octanol–water partition coefficient (Wildman–Crippen LogP) is 0.427. The Morgan fingerprint density at radius 1 is 1.33 bits per heavy atom. The van der Waals surface area contributed by atoms with Gasteiger partial charge in [-0.25, -0.2) is 8.42 Å². The fraction of sp³-hybridized carbons (Fsp3) is 0.929. The molecular weight excluding hydrogens is 292 g/mol. The lowest BCUT2D eigenvalue weighted by Gasteiger charge is -2.32. The van der Waals surface area contributed by atoms with E-state index >= 15 is 0 Å². The van der Waals surface area contributed by atoms with E-state index < -0.39 is 15.4 Å². The van der Waals surface area contributed by atoms with E-state index in [0.29, 0.717) is 25.9 Å². The van der Waals surface area contributed by atoms with Crippen LogP contribution in [0.1, 0.15) is 33.6 Å². The van der Waals surface area contributed by atoms with E-state index in [0.717, 1.165) is 6.54 Å². The van der Waals surface area contributed by atoms with Gasteiger partial charge in [-0.05, 0) is 40.2 Å². The lowest BCUT2D eigenvalue weighted by Crippen LogP contribution is -2.54. The number of carbonyl (C=O) groups is 1. The fourth-order valence-electron chi connectivity index (χ4n) is 2.69. The zero-order valence-corrected chi connectivity index (χ0v) is 14.3. The predicted molar refractivity (Wildman–Crippen MR) is 83.0 cm³/mol. The van der Waals surface area contributed by atoms with Crippen LogP contribution in [0.25, 0.3) is 0 Å². The number of sulfone groups is 1. The van der Waals surface area contributed by atoms with Gasteiger partial charge in [0.25, 0.3) is 0 Å². The van der Waals surface area contributed by atoms with Gasteiger partial charge < -0.3 is 9.64 Å². The van der Waals surface area contributed by atoms with Crippen LogP contribution < -0.4 is 5.32 Å². The Balaban J connectivity index is 2.62. The van der Waals surface area contributed by atoms with Gasteiger partial charge in [-0.15, -0.1) is 0 Å². The summed E-state index contributed by atoms with van der Waals surface area (Å²) in [5.41, 5.74) is -0.742. The zero-order chi connectivity index (χ0) is 16.1. The molecule has 124 valence electrons. The van der Waals surface area contributed by atoms with E-state index in [1.165, 1.54) is 7.11 Å². The van der Waals surface area contributed by atoms with Gasteiger partial charge in [0, 0.05) is 19.1 Å². The summed E-state index contributed by atoms with van der Waals surface area (Å²) in [4.78, 5) is 14.1. The summed E-state index contributed by atoms with van der Waals surface area (Å²) in [5.74, 6) is 0.195. The van der Waals surface area contributed by atoms with E-state index in [9.17, 15) is 13.2 Å². The third kappa shape index (κ3) is 5.92. The van der Waals surface area contributed by atoms with Crippen molar-refractivity contribution in [2.45, 2.75) is 45.2 Å². The monoisotopic (exact) mass is 320 g/mol. The van der Waals surface area contributed by atoms with E-state index in [1.54, 1.807) is 0 Å². The molecule has 0 saturated carbocycles. The molecule has 0 aromatic heterocycles. The van der Waals surface area contributed by atoms with Crippen LogP contribution in [-0.4, -0.2) is 69.1 Å². The summed E-state index contributed by atoms with van der Waals surface area (Å²) in [7, 11) is -1.50. The molecule has 6 nitrogen and oxygen atoms in total. The molecular formula is C14H28N2O4S. The third-order valence-electron chi connectivity index (χ3n) is 3.82. The standard InChI is InChI=1S/C14H28N2O4S/c1-12(2)15-14(3,13(17)20-4)6-8-16-7-5-10-21(18,19)11-9-16/h12,15H,5-11H2,1-4H3. The van der Waals surface area contributed by atoms with Gasteiger partial charge in [0.15, 0.2) is 9.84 Å². The first-order chi connectivity index (χ1) is 9.68. The second-order valence-electron chi connectivity index (χ2n) is 6.22. The molecule has 1 aliphatic heterocycles. The SMILES string of the molecule is COC(=O)C(C)(CCN1CCCS(=O)(=O)CC1)NC(C)C. The van der Waals surface area contributed by atoms with Crippen LogP contribution >= 0.6 is 0 Å². The number of carbonyl (C=O) groups excluding carboxylic acids is 1. The summed E-state index contributed by atoms with van der Waals surface area (Å²) in [6.45, 7) is 7.80. The highest BCUT2D eigenvalue weighted by Gasteiger charge is 2.35. The molecule has 1 aliphatic rings. The Kier molecular flexibility index (Phi) is 6.62. The average Bonchev–Trinajstić information content (AvgIpc) is 2.55. The number of rotatable bonds is 6. The number of ether oxygens (including phenoxy) is 1. The second-order valence-corrected chi connectivity index (χ2v) is 8.52. The maximum Gasteiger partial charge on any atom is 0.325 e. The Bertz CT molecular complexity index is 450. The molecule has 21 heavy (non-hydrogen) atoms. The Morgan fingerprint density at radius 3 is 2.57 bits per heavy atom. The highest BCUT2D eigenvalue weighted by Crippen LogP contribution is 2.15. The van der Waals surface area contributed by atoms with Crippen molar-refractivity contribution in [1.82, 2.24) is 10.2 Å². The van der Waals surface area contributed by atoms with Crippen molar-refractivity contribution >= 4 is 15.8 Å². The average molecular weight is 320 g/mol. The summed E-state index contributed by atoms with van der Waals surface area (Å²) in [5, 5.41) is 3.26. The molecule has 1 fully saturated rings. The summed E-state index contributed by atoms with van der Waals surface area (Å²) < 4.78 is 28.1. The molecule has 0 radical (unpaired) electrons. The maximum absolute atomic E-state index is 12.0. The van der Waals surface area contributed by atoms with Crippen LogP contribution in [-0.2, 0) is 19.4 Å². The number of hydrogen-bond donors (Lipinski definition) is 1. The quantitative estimate of drug-likeness (QED) is 0.715. The van der Waals surface area contributed by atoms with E-state index in [1.807, 2.05) is 20.8 Å². The molecule has 7 heteroatoms. The first-order valence-corrected chi connectivity index (χ1v) is 9.29. The summed E-state index contributed by atoms with van der Waals surface area (Å²) in [6, 6.07) is 0.165. The fourth-order valence-corrected chi connectivity index (χ4v) is 4.00. The van der Waals surface area contributed by atoms with Crippen LogP contribution in [0.5, 0.6) is 0 Å². The van der Waals surface area contributed by atoms with Crippen LogP contribution in [0.3, 0.4) is 0 Å². The van der Waals surface area contributed by atoms with Gasteiger partial charge in [-0.1, -0.05) is 0 Å². The maximum atomic E-state index is 12.0. The smallest absolute Gasteiger partial charge is 0.325 e. The third-order valence-corrected chi connectivity index (χ3v) is 5.53. The van der Waals surface area contributed by atoms with Crippen LogP contribution in [0, 0.1) is 0 Å². The molecule has 0 aliphatic carbocycles. The molecule has 0 aromatic carbocycles. The highest BCUT2D eigenvalue weighted by atomic mass is 32.2. The normalized spacial score (nSPS) is 22.5. The minimum atomic E-state index is -2.89. The van der Waals surface area contributed by atoms with Crippen molar-refractivity contribution < 1.29 is 17.9 Å². The summed E-state index contributed by atoms with van der Waals surface area (Å²) >= 11 is 0. The molecule has 1 saturated heterocycles.